The second-order valence-corrected chi connectivity index (χ2v) is 8.87. The zero-order valence-corrected chi connectivity index (χ0v) is 16.6. The van der Waals surface area contributed by atoms with Crippen LogP contribution in [-0.2, 0) is 10.0 Å². The summed E-state index contributed by atoms with van der Waals surface area (Å²) >= 11 is 1.38. The fourth-order valence-corrected chi connectivity index (χ4v) is 4.54. The number of nitrogens with one attached hydrogen (secondary N) is 1. The molecule has 10 heteroatoms. The molecule has 0 unspecified atom stereocenters. The molecule has 1 saturated heterocycles. The van der Waals surface area contributed by atoms with Crippen molar-refractivity contribution in [3.05, 3.63) is 71.5 Å². The highest BCUT2D eigenvalue weighted by Crippen LogP contribution is 2.23. The number of likely N-dealkylation sites (tertiary alicyclic amines) is 1. The molecule has 2 aromatic carbocycles. The number of rotatable bonds is 6. The average Bonchev–Trinajstić information content (AvgIpc) is 3.17. The van der Waals surface area contributed by atoms with Crippen LogP contribution in [0.2, 0.25) is 0 Å². The van der Waals surface area contributed by atoms with Crippen molar-refractivity contribution in [2.75, 3.05) is 17.8 Å². The molecule has 1 amide bonds. The number of hydrogen-bond acceptors (Lipinski definition) is 6. The second kappa shape index (κ2) is 7.80. The minimum Gasteiger partial charge on any atom is -0.463 e. The number of anilines is 1. The third-order valence-corrected chi connectivity index (χ3v) is 6.38. The summed E-state index contributed by atoms with van der Waals surface area (Å²) in [6, 6.07) is 11.2. The van der Waals surface area contributed by atoms with E-state index in [0.29, 0.717) is 23.8 Å². The Morgan fingerprint density at radius 1 is 1.21 bits per heavy atom. The van der Waals surface area contributed by atoms with Gasteiger partial charge in [0.15, 0.2) is 0 Å². The van der Waals surface area contributed by atoms with E-state index in [2.05, 4.69) is 9.71 Å². The minimum atomic E-state index is -4.11. The Labute approximate surface area is 170 Å². The number of ether oxygens (including phenoxy) is 1. The first-order valence-corrected chi connectivity index (χ1v) is 11.0. The summed E-state index contributed by atoms with van der Waals surface area (Å²) in [5.41, 5.74) is 0.502. The summed E-state index contributed by atoms with van der Waals surface area (Å²) in [5.74, 6) is -1.09. The summed E-state index contributed by atoms with van der Waals surface area (Å²) in [6.07, 6.45) is 1.53. The highest BCUT2D eigenvalue weighted by Gasteiger charge is 2.33. The monoisotopic (exact) mass is 433 g/mol. The fourth-order valence-electron chi connectivity index (χ4n) is 2.86. The van der Waals surface area contributed by atoms with Gasteiger partial charge in [-0.15, -0.1) is 0 Å². The van der Waals surface area contributed by atoms with E-state index in [1.165, 1.54) is 41.7 Å². The molecule has 0 aliphatic carbocycles. The smallest absolute Gasteiger partial charge is 0.273 e. The molecule has 1 N–H and O–H groups in total. The molecule has 1 aliphatic rings. The van der Waals surface area contributed by atoms with Gasteiger partial charge in [0.2, 0.25) is 0 Å². The first-order valence-electron chi connectivity index (χ1n) is 8.65. The number of carbonyl (C=O) groups excluding carboxylic acids is 1. The minimum absolute atomic E-state index is 0.118. The molecule has 150 valence electrons. The fraction of sp³-hybridized carbons (Fsp3) is 0.158. The van der Waals surface area contributed by atoms with E-state index in [-0.39, 0.29) is 17.7 Å². The highest BCUT2D eigenvalue weighted by atomic mass is 32.2. The van der Waals surface area contributed by atoms with Crippen LogP contribution in [0.5, 0.6) is 5.19 Å². The lowest BCUT2D eigenvalue weighted by Crippen LogP contribution is -2.56. The molecular formula is C19H16FN3O4S2. The molecule has 4 rings (SSSR count). The van der Waals surface area contributed by atoms with Crippen LogP contribution in [0.3, 0.4) is 0 Å². The number of amides is 1. The lowest BCUT2D eigenvalue weighted by molar-refractivity contribution is 0.0177. The predicted molar refractivity (Wildman–Crippen MR) is 106 cm³/mol. The van der Waals surface area contributed by atoms with Crippen LogP contribution in [0.25, 0.3) is 0 Å². The van der Waals surface area contributed by atoms with Gasteiger partial charge in [0, 0.05) is 22.8 Å². The molecular weight excluding hydrogens is 417 g/mol. The Morgan fingerprint density at radius 3 is 2.72 bits per heavy atom. The Balaban J connectivity index is 1.42. The number of nitrogens with zero attached hydrogens (tertiary/aromatic N) is 2. The maximum atomic E-state index is 13.8. The number of benzene rings is 2. The first-order chi connectivity index (χ1) is 13.9. The van der Waals surface area contributed by atoms with E-state index in [4.69, 9.17) is 4.74 Å². The molecule has 7 nitrogen and oxygen atoms in total. The molecule has 0 saturated carbocycles. The summed E-state index contributed by atoms with van der Waals surface area (Å²) in [5, 5.41) is 2.37. The van der Waals surface area contributed by atoms with Gasteiger partial charge in [0.25, 0.3) is 21.1 Å². The van der Waals surface area contributed by atoms with Gasteiger partial charge in [-0.05, 0) is 30.3 Å². The largest absolute Gasteiger partial charge is 0.463 e. The maximum Gasteiger partial charge on any atom is 0.273 e. The topological polar surface area (TPSA) is 88.6 Å². The molecule has 2 heterocycles. The van der Waals surface area contributed by atoms with Crippen LogP contribution in [0, 0.1) is 5.82 Å². The van der Waals surface area contributed by atoms with Gasteiger partial charge in [-0.2, -0.15) is 0 Å². The van der Waals surface area contributed by atoms with Crippen molar-refractivity contribution in [1.82, 2.24) is 9.88 Å². The van der Waals surface area contributed by atoms with Crippen LogP contribution in [0.15, 0.2) is 65.0 Å². The zero-order chi connectivity index (χ0) is 20.4. The van der Waals surface area contributed by atoms with Crippen LogP contribution >= 0.6 is 11.3 Å². The van der Waals surface area contributed by atoms with Gasteiger partial charge >= 0.3 is 0 Å². The highest BCUT2D eigenvalue weighted by molar-refractivity contribution is 7.92. The Kier molecular flexibility index (Phi) is 5.20. The second-order valence-electron chi connectivity index (χ2n) is 6.36. The van der Waals surface area contributed by atoms with Crippen molar-refractivity contribution < 1.29 is 22.3 Å². The number of hydrogen-bond donors (Lipinski definition) is 1. The molecule has 3 aromatic rings. The number of aromatic nitrogens is 1. The number of halogens is 1. The lowest BCUT2D eigenvalue weighted by Gasteiger charge is -2.38. The van der Waals surface area contributed by atoms with Gasteiger partial charge in [-0.3, -0.25) is 9.52 Å². The molecule has 29 heavy (non-hydrogen) atoms. The van der Waals surface area contributed by atoms with E-state index in [0.717, 1.165) is 6.07 Å². The first kappa shape index (κ1) is 19.3. The molecule has 0 spiro atoms. The summed E-state index contributed by atoms with van der Waals surface area (Å²) in [4.78, 5) is 17.8. The summed E-state index contributed by atoms with van der Waals surface area (Å²) in [7, 11) is -4.11. The number of carbonyl (C=O) groups is 1. The van der Waals surface area contributed by atoms with Crippen LogP contribution in [-0.4, -0.2) is 43.4 Å². The van der Waals surface area contributed by atoms with Gasteiger partial charge in [-0.1, -0.05) is 29.5 Å². The normalized spacial score (nSPS) is 14.3. The molecule has 0 atom stereocenters. The maximum absolute atomic E-state index is 13.8. The van der Waals surface area contributed by atoms with Crippen molar-refractivity contribution in [2.45, 2.75) is 11.0 Å². The standard InChI is InChI=1S/C19H16FN3O4S2/c20-16-6-1-2-7-17(16)29(25,26)22-14-5-3-4-13(10-14)18(24)23-11-15(12-23)27-19-21-8-9-28-19/h1-10,15,22H,11-12H2. The van der Waals surface area contributed by atoms with E-state index in [1.807, 2.05) is 5.38 Å². The molecule has 1 fully saturated rings. The van der Waals surface area contributed by atoms with Crippen LogP contribution < -0.4 is 9.46 Å². The van der Waals surface area contributed by atoms with Crippen molar-refractivity contribution in [3.8, 4) is 5.19 Å². The quantitative estimate of drug-likeness (QED) is 0.646. The molecule has 1 aromatic heterocycles. The summed E-state index contributed by atoms with van der Waals surface area (Å²) in [6.45, 7) is 0.840. The third-order valence-electron chi connectivity index (χ3n) is 4.30. The number of sulfonamides is 1. The summed E-state index contributed by atoms with van der Waals surface area (Å²) < 4.78 is 46.7. The van der Waals surface area contributed by atoms with Crippen molar-refractivity contribution >= 4 is 33.0 Å². The number of thiazole rings is 1. The SMILES string of the molecule is O=C(c1cccc(NS(=O)(=O)c2ccccc2F)c1)N1CC(Oc2nccs2)C1. The Morgan fingerprint density at radius 2 is 2.00 bits per heavy atom. The van der Waals surface area contributed by atoms with Crippen molar-refractivity contribution in [3.63, 3.8) is 0 Å². The predicted octanol–water partition coefficient (Wildman–Crippen LogP) is 2.99. The molecule has 0 radical (unpaired) electrons. The van der Waals surface area contributed by atoms with E-state index in [9.17, 15) is 17.6 Å². The van der Waals surface area contributed by atoms with Gasteiger partial charge < -0.3 is 9.64 Å². The van der Waals surface area contributed by atoms with Gasteiger partial charge in [0.1, 0.15) is 16.8 Å². The molecule has 0 bridgehead atoms. The van der Waals surface area contributed by atoms with Crippen molar-refractivity contribution in [2.24, 2.45) is 0 Å². The average molecular weight is 433 g/mol. The lowest BCUT2D eigenvalue weighted by atomic mass is 10.1. The third kappa shape index (κ3) is 4.22. The zero-order valence-electron chi connectivity index (χ0n) is 15.0. The van der Waals surface area contributed by atoms with E-state index >= 15 is 0 Å². The molecule has 1 aliphatic heterocycles. The van der Waals surface area contributed by atoms with Crippen molar-refractivity contribution in [1.29, 1.82) is 0 Å². The van der Waals surface area contributed by atoms with Gasteiger partial charge in [0.05, 0.1) is 13.1 Å². The van der Waals surface area contributed by atoms with Crippen LogP contribution in [0.1, 0.15) is 10.4 Å². The van der Waals surface area contributed by atoms with E-state index < -0.39 is 20.7 Å². The van der Waals surface area contributed by atoms with Crippen LogP contribution in [0.4, 0.5) is 10.1 Å². The Bertz CT molecular complexity index is 1130. The van der Waals surface area contributed by atoms with Gasteiger partial charge in [-0.25, -0.2) is 17.8 Å². The Hall–Kier alpha value is -2.98. The van der Waals surface area contributed by atoms with E-state index in [1.54, 1.807) is 23.2 Å².